The maximum Gasteiger partial charge on any atom is 0.306 e. The number of carbonyl (C=O) groups excluding carboxylic acids is 1. The van der Waals surface area contributed by atoms with Gasteiger partial charge in [-0.2, -0.15) is 0 Å². The van der Waals surface area contributed by atoms with Gasteiger partial charge in [0.25, 0.3) is 0 Å². The molecular formula is C25H33NO4. The van der Waals surface area contributed by atoms with E-state index in [4.69, 9.17) is 9.84 Å². The van der Waals surface area contributed by atoms with E-state index in [2.05, 4.69) is 19.1 Å². The van der Waals surface area contributed by atoms with Gasteiger partial charge in [0.05, 0.1) is 19.6 Å². The minimum atomic E-state index is -0.889. The highest BCUT2D eigenvalue weighted by atomic mass is 16.5. The van der Waals surface area contributed by atoms with Gasteiger partial charge in [0.2, 0.25) is 5.91 Å². The fourth-order valence-corrected chi connectivity index (χ4v) is 3.31. The number of unbranched alkanes of at least 4 members (excludes halogenated alkanes) is 3. The molecule has 0 spiro atoms. The number of anilines is 1. The number of carboxylic acid groups (broad SMARTS) is 1. The van der Waals surface area contributed by atoms with Crippen LogP contribution in [0.2, 0.25) is 0 Å². The molecular weight excluding hydrogens is 378 g/mol. The van der Waals surface area contributed by atoms with Gasteiger partial charge in [-0.3, -0.25) is 9.59 Å². The minimum absolute atomic E-state index is 0.0281. The molecule has 2 aromatic carbocycles. The number of benzene rings is 2. The molecule has 0 aliphatic carbocycles. The van der Waals surface area contributed by atoms with Gasteiger partial charge in [-0.25, -0.2) is 0 Å². The number of nitrogens with zero attached hydrogens (tertiary/aromatic N) is 1. The zero-order chi connectivity index (χ0) is 21.9. The predicted molar refractivity (Wildman–Crippen MR) is 120 cm³/mol. The number of carboxylic acids is 1. The van der Waals surface area contributed by atoms with Crippen LogP contribution in [0.3, 0.4) is 0 Å². The third-order valence-corrected chi connectivity index (χ3v) is 5.11. The van der Waals surface area contributed by atoms with Gasteiger partial charge in [-0.1, -0.05) is 50.5 Å². The van der Waals surface area contributed by atoms with Crippen molar-refractivity contribution < 1.29 is 19.4 Å². The molecule has 0 saturated heterocycles. The Morgan fingerprint density at radius 1 is 1.00 bits per heavy atom. The molecule has 0 aromatic heterocycles. The molecule has 0 atom stereocenters. The highest BCUT2D eigenvalue weighted by Gasteiger charge is 2.13. The quantitative estimate of drug-likeness (QED) is 0.467. The highest BCUT2D eigenvalue weighted by molar-refractivity contribution is 5.91. The number of rotatable bonds is 12. The van der Waals surface area contributed by atoms with E-state index in [1.54, 1.807) is 11.8 Å². The van der Waals surface area contributed by atoms with Crippen LogP contribution in [0.25, 0.3) is 0 Å². The molecule has 162 valence electrons. The number of ether oxygens (including phenoxy) is 1. The molecule has 0 bridgehead atoms. The molecule has 1 N–H and O–H groups in total. The van der Waals surface area contributed by atoms with Crippen LogP contribution in [0.4, 0.5) is 5.69 Å². The second kappa shape index (κ2) is 12.0. The molecule has 0 saturated carbocycles. The van der Waals surface area contributed by atoms with Crippen LogP contribution in [0.15, 0.2) is 42.5 Å². The summed E-state index contributed by atoms with van der Waals surface area (Å²) in [7, 11) is 0. The van der Waals surface area contributed by atoms with Crippen molar-refractivity contribution in [3.63, 3.8) is 0 Å². The van der Waals surface area contributed by atoms with Crippen LogP contribution in [0.1, 0.15) is 62.6 Å². The number of hydrogen-bond acceptors (Lipinski definition) is 3. The van der Waals surface area contributed by atoms with E-state index in [0.717, 1.165) is 23.2 Å². The van der Waals surface area contributed by atoms with Gasteiger partial charge in [0.15, 0.2) is 0 Å². The fraction of sp³-hybridized carbons (Fsp3) is 0.440. The third kappa shape index (κ3) is 7.54. The summed E-state index contributed by atoms with van der Waals surface area (Å²) < 4.78 is 5.62. The average Bonchev–Trinajstić information content (AvgIpc) is 2.71. The van der Waals surface area contributed by atoms with Gasteiger partial charge < -0.3 is 14.7 Å². The Hall–Kier alpha value is -2.82. The van der Waals surface area contributed by atoms with Crippen molar-refractivity contribution >= 4 is 17.6 Å². The molecule has 0 heterocycles. The lowest BCUT2D eigenvalue weighted by molar-refractivity contribution is -0.137. The maximum atomic E-state index is 12.3. The first kappa shape index (κ1) is 23.5. The average molecular weight is 412 g/mol. The first-order valence-corrected chi connectivity index (χ1v) is 10.7. The summed E-state index contributed by atoms with van der Waals surface area (Å²) in [5.74, 6) is -0.264. The lowest BCUT2D eigenvalue weighted by Gasteiger charge is -2.22. The monoisotopic (exact) mass is 411 g/mol. The van der Waals surface area contributed by atoms with Crippen molar-refractivity contribution in [2.75, 3.05) is 11.5 Å². The summed E-state index contributed by atoms with van der Waals surface area (Å²) in [6.07, 6.45) is 5.97. The standard InChI is InChI=1S/C25H33NO4/c1-4-5-6-7-8-21-11-13-23(14-12-21)26(20(3)27)18-22-10-9-19(2)24(17-22)30-16-15-25(28)29/h9-14,17H,4-8,15-16,18H2,1-3H3,(H,28,29). The van der Waals surface area contributed by atoms with Crippen LogP contribution in [0.5, 0.6) is 5.75 Å². The number of aliphatic carboxylic acids is 1. The summed E-state index contributed by atoms with van der Waals surface area (Å²) in [6, 6.07) is 14.0. The predicted octanol–water partition coefficient (Wildman–Crippen LogP) is 5.52. The number of hydrogen-bond donors (Lipinski definition) is 1. The molecule has 30 heavy (non-hydrogen) atoms. The van der Waals surface area contributed by atoms with E-state index in [1.807, 2.05) is 37.3 Å². The molecule has 2 rings (SSSR count). The van der Waals surface area contributed by atoms with Gasteiger partial charge in [0, 0.05) is 12.6 Å². The van der Waals surface area contributed by atoms with Crippen LogP contribution in [-0.2, 0) is 22.6 Å². The third-order valence-electron chi connectivity index (χ3n) is 5.11. The normalized spacial score (nSPS) is 10.6. The molecule has 5 heteroatoms. The van der Waals surface area contributed by atoms with E-state index in [1.165, 1.54) is 31.2 Å². The summed E-state index contributed by atoms with van der Waals surface area (Å²) in [4.78, 5) is 24.8. The molecule has 2 aromatic rings. The maximum absolute atomic E-state index is 12.3. The van der Waals surface area contributed by atoms with E-state index in [9.17, 15) is 9.59 Å². The van der Waals surface area contributed by atoms with Crippen molar-refractivity contribution in [1.82, 2.24) is 0 Å². The SMILES string of the molecule is CCCCCCc1ccc(N(Cc2ccc(C)c(OCCC(=O)O)c2)C(C)=O)cc1. The number of carbonyl (C=O) groups is 2. The summed E-state index contributed by atoms with van der Waals surface area (Å²) in [6.45, 7) is 6.25. The number of aryl methyl sites for hydroxylation is 2. The van der Waals surface area contributed by atoms with Crippen molar-refractivity contribution in [1.29, 1.82) is 0 Å². The van der Waals surface area contributed by atoms with Crippen molar-refractivity contribution in [2.45, 2.75) is 65.8 Å². The first-order chi connectivity index (χ1) is 14.4. The zero-order valence-electron chi connectivity index (χ0n) is 18.3. The Morgan fingerprint density at radius 2 is 1.70 bits per heavy atom. The summed E-state index contributed by atoms with van der Waals surface area (Å²) in [5.41, 5.74) is 4.03. The Morgan fingerprint density at radius 3 is 2.33 bits per heavy atom. The molecule has 0 aliphatic rings. The van der Waals surface area contributed by atoms with Gasteiger partial charge >= 0.3 is 5.97 Å². The Kier molecular flexibility index (Phi) is 9.39. The van der Waals surface area contributed by atoms with Crippen LogP contribution >= 0.6 is 0 Å². The molecule has 1 amide bonds. The lowest BCUT2D eigenvalue weighted by Crippen LogP contribution is -2.27. The zero-order valence-corrected chi connectivity index (χ0v) is 18.3. The Balaban J connectivity index is 2.06. The molecule has 0 aliphatic heterocycles. The van der Waals surface area contributed by atoms with Gasteiger partial charge in [-0.05, 0) is 54.7 Å². The minimum Gasteiger partial charge on any atom is -0.493 e. The van der Waals surface area contributed by atoms with E-state index in [0.29, 0.717) is 12.3 Å². The lowest BCUT2D eigenvalue weighted by atomic mass is 10.1. The summed E-state index contributed by atoms with van der Waals surface area (Å²) in [5, 5.41) is 8.79. The first-order valence-electron chi connectivity index (χ1n) is 10.7. The van der Waals surface area contributed by atoms with Gasteiger partial charge in [-0.15, -0.1) is 0 Å². The largest absolute Gasteiger partial charge is 0.493 e. The van der Waals surface area contributed by atoms with Gasteiger partial charge in [0.1, 0.15) is 5.75 Å². The molecule has 0 unspecified atom stereocenters. The fourth-order valence-electron chi connectivity index (χ4n) is 3.31. The molecule has 5 nitrogen and oxygen atoms in total. The van der Waals surface area contributed by atoms with Crippen LogP contribution in [0, 0.1) is 6.92 Å². The second-order valence-corrected chi connectivity index (χ2v) is 7.67. The van der Waals surface area contributed by atoms with E-state index < -0.39 is 5.97 Å². The summed E-state index contributed by atoms with van der Waals surface area (Å²) >= 11 is 0. The van der Waals surface area contributed by atoms with Crippen molar-refractivity contribution in [3.05, 3.63) is 59.2 Å². The van der Waals surface area contributed by atoms with Crippen LogP contribution < -0.4 is 9.64 Å². The van der Waals surface area contributed by atoms with Crippen molar-refractivity contribution in [2.24, 2.45) is 0 Å². The molecule has 0 radical (unpaired) electrons. The highest BCUT2D eigenvalue weighted by Crippen LogP contribution is 2.24. The smallest absolute Gasteiger partial charge is 0.306 e. The molecule has 0 fully saturated rings. The van der Waals surface area contributed by atoms with E-state index in [-0.39, 0.29) is 18.9 Å². The number of amides is 1. The topological polar surface area (TPSA) is 66.8 Å². The second-order valence-electron chi connectivity index (χ2n) is 7.67. The van der Waals surface area contributed by atoms with Crippen LogP contribution in [-0.4, -0.2) is 23.6 Å². The van der Waals surface area contributed by atoms with E-state index >= 15 is 0 Å². The van der Waals surface area contributed by atoms with Crippen molar-refractivity contribution in [3.8, 4) is 5.75 Å². The Bertz CT molecular complexity index is 830. The Labute approximate surface area is 179 Å².